The molecular formula is C10H13Br2N5S. The van der Waals surface area contributed by atoms with E-state index in [9.17, 15) is 0 Å². The predicted molar refractivity (Wildman–Crippen MR) is 78.6 cm³/mol. The molecule has 1 N–H and O–H groups in total. The number of halogens is 2. The third kappa shape index (κ3) is 3.37. The number of tetrazole rings is 1. The Bertz CT molecular complexity index is 524. The first kappa shape index (κ1) is 14.1. The van der Waals surface area contributed by atoms with Gasteiger partial charge < -0.3 is 5.32 Å². The zero-order chi connectivity index (χ0) is 13.1. The number of nitrogens with one attached hydrogen (secondary N) is 1. The number of aromatic nitrogens is 4. The van der Waals surface area contributed by atoms with Crippen LogP contribution in [0.25, 0.3) is 0 Å². The number of thiophene rings is 1. The third-order valence-corrected chi connectivity index (χ3v) is 4.83. The molecule has 0 aromatic carbocycles. The maximum absolute atomic E-state index is 4.23. The second-order valence-corrected chi connectivity index (χ2v) is 7.54. The van der Waals surface area contributed by atoms with Gasteiger partial charge in [-0.2, -0.15) is 4.80 Å². The fourth-order valence-electron chi connectivity index (χ4n) is 1.72. The minimum Gasteiger partial charge on any atom is -0.310 e. The Morgan fingerprint density at radius 2 is 2.28 bits per heavy atom. The number of hydrogen-bond donors (Lipinski definition) is 1. The van der Waals surface area contributed by atoms with Crippen LogP contribution in [-0.2, 0) is 13.5 Å². The van der Waals surface area contributed by atoms with E-state index in [0.29, 0.717) is 0 Å². The molecule has 0 amide bonds. The van der Waals surface area contributed by atoms with Gasteiger partial charge >= 0.3 is 0 Å². The molecule has 98 valence electrons. The topological polar surface area (TPSA) is 55.6 Å². The normalized spacial score (nSPS) is 12.9. The lowest BCUT2D eigenvalue weighted by molar-refractivity contribution is 0.534. The van der Waals surface area contributed by atoms with E-state index in [4.69, 9.17) is 0 Å². The number of rotatable bonds is 5. The smallest absolute Gasteiger partial charge is 0.176 e. The number of likely N-dealkylation sites (N-methyl/N-ethyl adjacent to an activating group) is 1. The van der Waals surface area contributed by atoms with E-state index in [0.717, 1.165) is 26.4 Å². The Balaban J connectivity index is 2.20. The molecular weight excluding hydrogens is 382 g/mol. The monoisotopic (exact) mass is 393 g/mol. The van der Waals surface area contributed by atoms with Gasteiger partial charge in [0.2, 0.25) is 0 Å². The Morgan fingerprint density at radius 1 is 1.50 bits per heavy atom. The lowest BCUT2D eigenvalue weighted by Gasteiger charge is -2.15. The van der Waals surface area contributed by atoms with Crippen molar-refractivity contribution in [2.24, 2.45) is 7.05 Å². The molecule has 0 saturated carbocycles. The molecule has 0 aliphatic heterocycles. The van der Waals surface area contributed by atoms with Crippen molar-refractivity contribution >= 4 is 43.2 Å². The molecule has 1 unspecified atom stereocenters. The fraction of sp³-hybridized carbons (Fsp3) is 0.500. The predicted octanol–water partition coefficient (Wildman–Crippen LogP) is 2.69. The van der Waals surface area contributed by atoms with Crippen molar-refractivity contribution in [1.29, 1.82) is 0 Å². The Morgan fingerprint density at radius 3 is 2.78 bits per heavy atom. The molecule has 2 aromatic rings. The van der Waals surface area contributed by atoms with Gasteiger partial charge in [0.05, 0.1) is 14.6 Å². The molecule has 8 heteroatoms. The van der Waals surface area contributed by atoms with Gasteiger partial charge in [0.25, 0.3) is 0 Å². The van der Waals surface area contributed by atoms with E-state index in [1.165, 1.54) is 10.4 Å². The summed E-state index contributed by atoms with van der Waals surface area (Å²) in [7, 11) is 1.77. The van der Waals surface area contributed by atoms with Crippen LogP contribution >= 0.6 is 43.2 Å². The molecule has 18 heavy (non-hydrogen) atoms. The maximum Gasteiger partial charge on any atom is 0.176 e. The number of hydrogen-bond acceptors (Lipinski definition) is 5. The number of aryl methyl sites for hydroxylation is 1. The molecule has 0 saturated heterocycles. The van der Waals surface area contributed by atoms with Crippen LogP contribution in [0.5, 0.6) is 0 Å². The van der Waals surface area contributed by atoms with E-state index >= 15 is 0 Å². The van der Waals surface area contributed by atoms with Gasteiger partial charge in [0.15, 0.2) is 5.82 Å². The van der Waals surface area contributed by atoms with Crippen molar-refractivity contribution in [3.63, 3.8) is 0 Å². The highest BCUT2D eigenvalue weighted by Crippen LogP contribution is 2.36. The highest BCUT2D eigenvalue weighted by Gasteiger charge is 2.19. The quantitative estimate of drug-likeness (QED) is 0.846. The zero-order valence-electron chi connectivity index (χ0n) is 10.0. The van der Waals surface area contributed by atoms with E-state index in [1.807, 2.05) is 0 Å². The summed E-state index contributed by atoms with van der Waals surface area (Å²) in [5.41, 5.74) is 1.22. The molecule has 0 fully saturated rings. The van der Waals surface area contributed by atoms with Crippen LogP contribution in [-0.4, -0.2) is 26.8 Å². The minimum atomic E-state index is 0.191. The molecule has 2 rings (SSSR count). The maximum atomic E-state index is 4.23. The van der Waals surface area contributed by atoms with Gasteiger partial charge in [-0.3, -0.25) is 0 Å². The summed E-state index contributed by atoms with van der Waals surface area (Å²) in [5, 5.41) is 15.6. The van der Waals surface area contributed by atoms with Crippen molar-refractivity contribution in [1.82, 2.24) is 25.5 Å². The average Bonchev–Trinajstić information content (AvgIpc) is 2.84. The molecule has 1 atom stereocenters. The van der Waals surface area contributed by atoms with E-state index in [-0.39, 0.29) is 6.04 Å². The minimum absolute atomic E-state index is 0.191. The van der Waals surface area contributed by atoms with Gasteiger partial charge in [-0.15, -0.1) is 21.5 Å². The first-order valence-electron chi connectivity index (χ1n) is 5.51. The SMILES string of the molecule is CCNC(Cc1nnn(C)n1)c1cc(Br)sc1Br. The molecule has 5 nitrogen and oxygen atoms in total. The first-order valence-corrected chi connectivity index (χ1v) is 7.91. The van der Waals surface area contributed by atoms with Crippen LogP contribution in [0.3, 0.4) is 0 Å². The summed E-state index contributed by atoms with van der Waals surface area (Å²) in [6, 6.07) is 2.31. The highest BCUT2D eigenvalue weighted by atomic mass is 79.9. The van der Waals surface area contributed by atoms with Gasteiger partial charge in [-0.1, -0.05) is 6.92 Å². The van der Waals surface area contributed by atoms with Crippen molar-refractivity contribution in [3.05, 3.63) is 25.0 Å². The second kappa shape index (κ2) is 6.23. The summed E-state index contributed by atoms with van der Waals surface area (Å²) in [5.74, 6) is 0.748. The van der Waals surface area contributed by atoms with Crippen LogP contribution in [0.4, 0.5) is 0 Å². The summed E-state index contributed by atoms with van der Waals surface area (Å²) in [6.07, 6.45) is 0.726. The lowest BCUT2D eigenvalue weighted by atomic mass is 10.1. The lowest BCUT2D eigenvalue weighted by Crippen LogP contribution is -2.23. The van der Waals surface area contributed by atoms with Gasteiger partial charge in [-0.05, 0) is 55.2 Å². The van der Waals surface area contributed by atoms with E-state index in [1.54, 1.807) is 18.4 Å². The molecule has 2 heterocycles. The molecule has 2 aromatic heterocycles. The molecule has 0 radical (unpaired) electrons. The van der Waals surface area contributed by atoms with Crippen LogP contribution in [0.15, 0.2) is 13.6 Å². The van der Waals surface area contributed by atoms with E-state index < -0.39 is 0 Å². The third-order valence-electron chi connectivity index (χ3n) is 2.45. The zero-order valence-corrected chi connectivity index (χ0v) is 14.0. The van der Waals surface area contributed by atoms with Crippen LogP contribution in [0, 0.1) is 0 Å². The van der Waals surface area contributed by atoms with Crippen molar-refractivity contribution in [2.45, 2.75) is 19.4 Å². The van der Waals surface area contributed by atoms with Gasteiger partial charge in [-0.25, -0.2) is 0 Å². The summed E-state index contributed by atoms with van der Waals surface area (Å²) in [6.45, 7) is 2.98. The van der Waals surface area contributed by atoms with Crippen molar-refractivity contribution in [3.8, 4) is 0 Å². The molecule has 0 aliphatic carbocycles. The fourth-order valence-corrected chi connectivity index (χ4v) is 4.69. The highest BCUT2D eigenvalue weighted by molar-refractivity contribution is 9.12. The van der Waals surface area contributed by atoms with Crippen molar-refractivity contribution < 1.29 is 0 Å². The molecule has 0 aliphatic rings. The Hall–Kier alpha value is -0.310. The van der Waals surface area contributed by atoms with Gasteiger partial charge in [0.1, 0.15) is 0 Å². The van der Waals surface area contributed by atoms with E-state index in [2.05, 4.69) is 65.6 Å². The average molecular weight is 395 g/mol. The molecule has 0 spiro atoms. The summed E-state index contributed by atoms with van der Waals surface area (Å²) < 4.78 is 2.24. The summed E-state index contributed by atoms with van der Waals surface area (Å²) >= 11 is 8.77. The Kier molecular flexibility index (Phi) is 4.88. The van der Waals surface area contributed by atoms with Crippen molar-refractivity contribution in [2.75, 3.05) is 6.54 Å². The Labute approximate surface area is 126 Å². The van der Waals surface area contributed by atoms with Gasteiger partial charge in [0, 0.05) is 12.5 Å². The largest absolute Gasteiger partial charge is 0.310 e. The standard InChI is InChI=1S/C10H13Br2N5S/c1-3-13-7(5-9-14-16-17(2)15-9)6-4-8(11)18-10(6)12/h4,7,13H,3,5H2,1-2H3. The number of nitrogens with zero attached hydrogens (tertiary/aromatic N) is 4. The molecule has 0 bridgehead atoms. The first-order chi connectivity index (χ1) is 8.60. The van der Waals surface area contributed by atoms with Crippen LogP contribution in [0.2, 0.25) is 0 Å². The second-order valence-electron chi connectivity index (χ2n) is 3.79. The van der Waals surface area contributed by atoms with Crippen LogP contribution in [0.1, 0.15) is 24.4 Å². The summed E-state index contributed by atoms with van der Waals surface area (Å²) in [4.78, 5) is 1.48. The van der Waals surface area contributed by atoms with Crippen LogP contribution < -0.4 is 5.32 Å².